The van der Waals surface area contributed by atoms with Gasteiger partial charge in [-0.05, 0) is 31.7 Å². The molecule has 0 unspecified atom stereocenters. The second-order valence-corrected chi connectivity index (χ2v) is 7.72. The molecule has 0 aliphatic carbocycles. The highest BCUT2D eigenvalue weighted by Crippen LogP contribution is 2.39. The molecule has 0 aromatic heterocycles. The van der Waals surface area contributed by atoms with E-state index in [1.165, 1.54) is 4.90 Å². The lowest BCUT2D eigenvalue weighted by atomic mass is 10.0. The van der Waals surface area contributed by atoms with Crippen molar-refractivity contribution in [1.82, 2.24) is 9.80 Å². The summed E-state index contributed by atoms with van der Waals surface area (Å²) in [6, 6.07) is 14.5. The third kappa shape index (κ3) is 3.96. The Kier molecular flexibility index (Phi) is 6.46. The molecule has 0 N–H and O–H groups in total. The Morgan fingerprint density at radius 3 is 2.34 bits per heavy atom. The molecule has 168 valence electrons. The van der Waals surface area contributed by atoms with Crippen molar-refractivity contribution in [3.8, 4) is 11.5 Å². The Morgan fingerprint density at radius 1 is 0.906 bits per heavy atom. The van der Waals surface area contributed by atoms with Crippen molar-refractivity contribution in [3.63, 3.8) is 0 Å². The second-order valence-electron chi connectivity index (χ2n) is 7.72. The van der Waals surface area contributed by atoms with Crippen LogP contribution in [0.15, 0.2) is 54.2 Å². The second kappa shape index (κ2) is 9.44. The lowest BCUT2D eigenvalue weighted by Crippen LogP contribution is -2.47. The molecule has 2 aliphatic heterocycles. The maximum absolute atomic E-state index is 13.7. The molecule has 2 amide bonds. The Labute approximate surface area is 188 Å². The first-order valence-electron chi connectivity index (χ1n) is 11.1. The van der Waals surface area contributed by atoms with Crippen molar-refractivity contribution in [2.24, 2.45) is 0 Å². The van der Waals surface area contributed by atoms with E-state index in [-0.39, 0.29) is 11.8 Å². The van der Waals surface area contributed by atoms with Gasteiger partial charge in [-0.25, -0.2) is 4.90 Å². The SMILES string of the molecule is CCOc1cccc(N2C(=O)C(c3ccccc3OC)=C(N3CCN(CC)CC3)C2=O)c1. The minimum absolute atomic E-state index is 0.311. The molecule has 2 aliphatic rings. The molecule has 7 heteroatoms. The van der Waals surface area contributed by atoms with Gasteiger partial charge in [0.1, 0.15) is 17.2 Å². The van der Waals surface area contributed by atoms with Crippen LogP contribution >= 0.6 is 0 Å². The average Bonchev–Trinajstić information content (AvgIpc) is 3.09. The average molecular weight is 436 g/mol. The zero-order chi connectivity index (χ0) is 22.7. The molecule has 1 saturated heterocycles. The zero-order valence-corrected chi connectivity index (χ0v) is 18.8. The Bertz CT molecular complexity index is 1040. The van der Waals surface area contributed by atoms with E-state index in [9.17, 15) is 9.59 Å². The maximum Gasteiger partial charge on any atom is 0.282 e. The van der Waals surface area contributed by atoms with Crippen LogP contribution in [0.25, 0.3) is 5.57 Å². The fraction of sp³-hybridized carbons (Fsp3) is 0.360. The van der Waals surface area contributed by atoms with Gasteiger partial charge in [-0.1, -0.05) is 31.2 Å². The van der Waals surface area contributed by atoms with E-state index in [4.69, 9.17) is 9.47 Å². The monoisotopic (exact) mass is 435 g/mol. The van der Waals surface area contributed by atoms with Gasteiger partial charge in [0.2, 0.25) is 0 Å². The number of benzene rings is 2. The van der Waals surface area contributed by atoms with Crippen LogP contribution in [0.4, 0.5) is 5.69 Å². The van der Waals surface area contributed by atoms with Crippen LogP contribution in [0.3, 0.4) is 0 Å². The van der Waals surface area contributed by atoms with E-state index in [1.54, 1.807) is 25.3 Å². The third-order valence-electron chi connectivity index (χ3n) is 5.96. The smallest absolute Gasteiger partial charge is 0.282 e. The number of amides is 2. The minimum atomic E-state index is -0.346. The molecule has 4 rings (SSSR count). The fourth-order valence-corrected chi connectivity index (χ4v) is 4.31. The number of carbonyl (C=O) groups is 2. The molecule has 2 heterocycles. The molecular weight excluding hydrogens is 406 g/mol. The van der Waals surface area contributed by atoms with Crippen LogP contribution in [0.2, 0.25) is 0 Å². The third-order valence-corrected chi connectivity index (χ3v) is 5.96. The van der Waals surface area contributed by atoms with Crippen LogP contribution in [-0.4, -0.2) is 68.1 Å². The van der Waals surface area contributed by atoms with Gasteiger partial charge in [-0.15, -0.1) is 0 Å². The summed E-state index contributed by atoms with van der Waals surface area (Å²) in [5, 5.41) is 0. The number of piperazine rings is 1. The molecular formula is C25H29N3O4. The van der Waals surface area contributed by atoms with Gasteiger partial charge in [0, 0.05) is 37.8 Å². The lowest BCUT2D eigenvalue weighted by Gasteiger charge is -2.36. The first-order valence-corrected chi connectivity index (χ1v) is 11.1. The van der Waals surface area contributed by atoms with E-state index in [2.05, 4.69) is 11.8 Å². The number of nitrogens with zero attached hydrogens (tertiary/aromatic N) is 3. The van der Waals surface area contributed by atoms with Crippen molar-refractivity contribution >= 4 is 23.1 Å². The first-order chi connectivity index (χ1) is 15.6. The van der Waals surface area contributed by atoms with Crippen LogP contribution in [0.5, 0.6) is 11.5 Å². The number of likely N-dealkylation sites (N-methyl/N-ethyl adjacent to an activating group) is 1. The largest absolute Gasteiger partial charge is 0.496 e. The van der Waals surface area contributed by atoms with Crippen LogP contribution < -0.4 is 14.4 Å². The van der Waals surface area contributed by atoms with Crippen molar-refractivity contribution in [1.29, 1.82) is 0 Å². The van der Waals surface area contributed by atoms with E-state index >= 15 is 0 Å². The summed E-state index contributed by atoms with van der Waals surface area (Å²) in [5.74, 6) is 0.531. The normalized spacial score (nSPS) is 17.3. The number of hydrogen-bond acceptors (Lipinski definition) is 6. The summed E-state index contributed by atoms with van der Waals surface area (Å²) in [7, 11) is 1.57. The summed E-state index contributed by atoms with van der Waals surface area (Å²) in [6.07, 6.45) is 0. The van der Waals surface area contributed by atoms with Crippen LogP contribution in [0.1, 0.15) is 19.4 Å². The Balaban J connectivity index is 1.79. The number of anilines is 1. The molecule has 1 fully saturated rings. The summed E-state index contributed by atoms with van der Waals surface area (Å²) < 4.78 is 11.1. The fourth-order valence-electron chi connectivity index (χ4n) is 4.31. The van der Waals surface area contributed by atoms with Gasteiger partial charge in [0.15, 0.2) is 0 Å². The number of methoxy groups -OCH3 is 1. The van der Waals surface area contributed by atoms with Crippen LogP contribution in [-0.2, 0) is 9.59 Å². The summed E-state index contributed by atoms with van der Waals surface area (Å²) in [6.45, 7) is 8.57. The number of rotatable bonds is 7. The predicted octanol–water partition coefficient (Wildman–Crippen LogP) is 3.02. The molecule has 0 bridgehead atoms. The van der Waals surface area contributed by atoms with Crippen molar-refractivity contribution in [3.05, 3.63) is 59.8 Å². The van der Waals surface area contributed by atoms with Gasteiger partial charge in [0.25, 0.3) is 11.8 Å². The van der Waals surface area contributed by atoms with Gasteiger partial charge in [0.05, 0.1) is 25.0 Å². The number of imide groups is 1. The Morgan fingerprint density at radius 2 is 1.66 bits per heavy atom. The molecule has 0 saturated carbocycles. The summed E-state index contributed by atoms with van der Waals surface area (Å²) in [5.41, 5.74) is 1.96. The topological polar surface area (TPSA) is 62.3 Å². The number of carbonyl (C=O) groups excluding carboxylic acids is 2. The standard InChI is InChI=1S/C25H29N3O4/c1-4-26-13-15-27(16-14-26)23-22(20-11-6-7-12-21(20)31-3)24(29)28(25(23)30)18-9-8-10-19(17-18)32-5-2/h6-12,17H,4-5,13-16H2,1-3H3. The van der Waals surface area contributed by atoms with E-state index in [0.29, 0.717) is 53.7 Å². The minimum Gasteiger partial charge on any atom is -0.496 e. The predicted molar refractivity (Wildman–Crippen MR) is 124 cm³/mol. The molecule has 2 aromatic carbocycles. The lowest BCUT2D eigenvalue weighted by molar-refractivity contribution is -0.120. The summed E-state index contributed by atoms with van der Waals surface area (Å²) in [4.78, 5) is 33.1. The van der Waals surface area contributed by atoms with Crippen molar-refractivity contribution < 1.29 is 19.1 Å². The molecule has 0 radical (unpaired) electrons. The zero-order valence-electron chi connectivity index (χ0n) is 18.8. The van der Waals surface area contributed by atoms with Crippen molar-refractivity contribution in [2.75, 3.05) is 51.3 Å². The Hall–Kier alpha value is -3.32. The quantitative estimate of drug-likeness (QED) is 0.623. The highest BCUT2D eigenvalue weighted by Gasteiger charge is 2.43. The maximum atomic E-state index is 13.7. The van der Waals surface area contributed by atoms with Crippen LogP contribution in [0, 0.1) is 0 Å². The number of para-hydroxylation sites is 1. The van der Waals surface area contributed by atoms with Gasteiger partial charge < -0.3 is 19.3 Å². The number of hydrogen-bond donors (Lipinski definition) is 0. The first kappa shape index (κ1) is 21.9. The van der Waals surface area contributed by atoms with Crippen molar-refractivity contribution in [2.45, 2.75) is 13.8 Å². The summed E-state index contributed by atoms with van der Waals surface area (Å²) >= 11 is 0. The van der Waals surface area contributed by atoms with Gasteiger partial charge >= 0.3 is 0 Å². The molecule has 0 spiro atoms. The highest BCUT2D eigenvalue weighted by atomic mass is 16.5. The van der Waals surface area contributed by atoms with Gasteiger partial charge in [-0.3, -0.25) is 9.59 Å². The molecule has 0 atom stereocenters. The van der Waals surface area contributed by atoms with E-state index < -0.39 is 0 Å². The number of ether oxygens (including phenoxy) is 2. The molecule has 2 aromatic rings. The van der Waals surface area contributed by atoms with Gasteiger partial charge in [-0.2, -0.15) is 0 Å². The van der Waals surface area contributed by atoms with E-state index in [0.717, 1.165) is 19.6 Å². The molecule has 7 nitrogen and oxygen atoms in total. The highest BCUT2D eigenvalue weighted by molar-refractivity contribution is 6.45. The molecule has 32 heavy (non-hydrogen) atoms. The van der Waals surface area contributed by atoms with E-state index in [1.807, 2.05) is 42.2 Å².